The van der Waals surface area contributed by atoms with Crippen LogP contribution in [0.3, 0.4) is 0 Å². The Bertz CT molecular complexity index is 508. The lowest BCUT2D eigenvalue weighted by atomic mass is 10.2. The zero-order chi connectivity index (χ0) is 10.7. The van der Waals surface area contributed by atoms with Gasteiger partial charge in [0.05, 0.1) is 11.6 Å². The van der Waals surface area contributed by atoms with Gasteiger partial charge in [0, 0.05) is 16.6 Å². The quantitative estimate of drug-likeness (QED) is 0.758. The number of fused-ring (bicyclic) bond motifs is 1. The van der Waals surface area contributed by atoms with Crippen molar-refractivity contribution in [2.75, 3.05) is 11.9 Å². The molecule has 2 rings (SSSR count). The van der Waals surface area contributed by atoms with Gasteiger partial charge >= 0.3 is 0 Å². The number of rotatable bonds is 3. The predicted molar refractivity (Wildman–Crippen MR) is 66.9 cm³/mol. The third-order valence-electron chi connectivity index (χ3n) is 2.22. The first-order valence-corrected chi connectivity index (χ1v) is 5.81. The van der Waals surface area contributed by atoms with Gasteiger partial charge in [0.15, 0.2) is 0 Å². The zero-order valence-corrected chi connectivity index (χ0v) is 9.40. The van der Waals surface area contributed by atoms with Crippen LogP contribution in [0.5, 0.6) is 0 Å². The summed E-state index contributed by atoms with van der Waals surface area (Å²) in [6.45, 7) is 10.3. The van der Waals surface area contributed by atoms with Gasteiger partial charge < -0.3 is 5.32 Å². The van der Waals surface area contributed by atoms with E-state index in [4.69, 9.17) is 6.57 Å². The van der Waals surface area contributed by atoms with E-state index in [2.05, 4.69) is 23.2 Å². The molecule has 1 N–H and O–H groups in total. The van der Waals surface area contributed by atoms with E-state index in [9.17, 15) is 0 Å². The van der Waals surface area contributed by atoms with Crippen molar-refractivity contribution in [2.24, 2.45) is 0 Å². The number of nitrogens with zero attached hydrogens (tertiary/aromatic N) is 1. The molecule has 15 heavy (non-hydrogen) atoms. The van der Waals surface area contributed by atoms with Crippen molar-refractivity contribution < 1.29 is 0 Å². The van der Waals surface area contributed by atoms with Crippen LogP contribution < -0.4 is 5.32 Å². The third-order valence-corrected chi connectivity index (χ3v) is 3.33. The molecule has 2 aromatic rings. The summed E-state index contributed by atoms with van der Waals surface area (Å²) in [5.74, 6) is 0. The van der Waals surface area contributed by atoms with Crippen molar-refractivity contribution in [3.8, 4) is 0 Å². The summed E-state index contributed by atoms with van der Waals surface area (Å²) in [6.07, 6.45) is 1.08. The standard InChI is InChI=1S/C12H12N2S/c1-3-8-14-12-11(13-2)9-6-4-5-7-10(9)15-12/h4-7,14H,3,8H2,1H3. The summed E-state index contributed by atoms with van der Waals surface area (Å²) in [5.41, 5.74) is 0.768. The summed E-state index contributed by atoms with van der Waals surface area (Å²) in [5, 5.41) is 5.38. The van der Waals surface area contributed by atoms with Gasteiger partial charge in [-0.05, 0) is 12.5 Å². The van der Waals surface area contributed by atoms with Gasteiger partial charge in [0.25, 0.3) is 0 Å². The van der Waals surface area contributed by atoms with E-state index < -0.39 is 0 Å². The Labute approximate surface area is 93.4 Å². The third kappa shape index (κ3) is 1.81. The van der Waals surface area contributed by atoms with Crippen LogP contribution >= 0.6 is 11.3 Å². The molecule has 0 bridgehead atoms. The number of nitrogens with one attached hydrogen (secondary N) is 1. The maximum Gasteiger partial charge on any atom is 0.228 e. The van der Waals surface area contributed by atoms with Crippen LogP contribution in [0, 0.1) is 6.57 Å². The molecule has 0 spiro atoms. The number of hydrogen-bond acceptors (Lipinski definition) is 2. The minimum atomic E-state index is 0.768. The Balaban J connectivity index is 2.50. The first-order valence-electron chi connectivity index (χ1n) is 4.99. The van der Waals surface area contributed by atoms with Crippen LogP contribution in [0.25, 0.3) is 14.9 Å². The monoisotopic (exact) mass is 216 g/mol. The number of hydrogen-bond donors (Lipinski definition) is 1. The van der Waals surface area contributed by atoms with E-state index in [-0.39, 0.29) is 0 Å². The molecule has 1 aromatic heterocycles. The van der Waals surface area contributed by atoms with E-state index in [0.717, 1.165) is 29.0 Å². The predicted octanol–water partition coefficient (Wildman–Crippen LogP) is 4.27. The summed E-state index contributed by atoms with van der Waals surface area (Å²) in [6, 6.07) is 8.06. The largest absolute Gasteiger partial charge is 0.386 e. The topological polar surface area (TPSA) is 16.4 Å². The van der Waals surface area contributed by atoms with Crippen molar-refractivity contribution in [3.05, 3.63) is 35.7 Å². The highest BCUT2D eigenvalue weighted by Crippen LogP contribution is 2.41. The van der Waals surface area contributed by atoms with E-state index in [1.165, 1.54) is 4.70 Å². The molecule has 0 aliphatic heterocycles. The summed E-state index contributed by atoms with van der Waals surface area (Å²) in [7, 11) is 0. The molecule has 0 fully saturated rings. The van der Waals surface area contributed by atoms with Crippen molar-refractivity contribution in [2.45, 2.75) is 13.3 Å². The van der Waals surface area contributed by atoms with E-state index in [0.29, 0.717) is 0 Å². The molecule has 0 saturated carbocycles. The second kappa shape index (κ2) is 4.33. The van der Waals surface area contributed by atoms with Crippen LogP contribution in [-0.2, 0) is 0 Å². The SMILES string of the molecule is [C-]#[N+]c1c(NCCC)sc2ccccc12. The Morgan fingerprint density at radius 3 is 2.93 bits per heavy atom. The lowest BCUT2D eigenvalue weighted by molar-refractivity contribution is 0.984. The normalized spacial score (nSPS) is 10.1. The molecule has 0 unspecified atom stereocenters. The lowest BCUT2D eigenvalue weighted by Gasteiger charge is -2.00. The molecule has 0 saturated heterocycles. The van der Waals surface area contributed by atoms with E-state index >= 15 is 0 Å². The van der Waals surface area contributed by atoms with Crippen LogP contribution in [0.15, 0.2) is 24.3 Å². The number of benzene rings is 1. The molecule has 3 heteroatoms. The van der Waals surface area contributed by atoms with Crippen LogP contribution in [0.2, 0.25) is 0 Å². The molecular weight excluding hydrogens is 204 g/mol. The molecule has 0 atom stereocenters. The van der Waals surface area contributed by atoms with Gasteiger partial charge in [-0.25, -0.2) is 4.85 Å². The van der Waals surface area contributed by atoms with Crippen LogP contribution in [0.4, 0.5) is 10.7 Å². The van der Waals surface area contributed by atoms with Gasteiger partial charge in [-0.2, -0.15) is 0 Å². The van der Waals surface area contributed by atoms with Crippen molar-refractivity contribution in [1.82, 2.24) is 0 Å². The van der Waals surface area contributed by atoms with Gasteiger partial charge in [0.2, 0.25) is 5.69 Å². The molecule has 0 amide bonds. The summed E-state index contributed by atoms with van der Waals surface area (Å²) >= 11 is 1.66. The Kier molecular flexibility index (Phi) is 2.89. The van der Waals surface area contributed by atoms with E-state index in [1.807, 2.05) is 18.2 Å². The lowest BCUT2D eigenvalue weighted by Crippen LogP contribution is -1.96. The Hall–Kier alpha value is -1.53. The number of anilines is 1. The minimum Gasteiger partial charge on any atom is -0.386 e. The van der Waals surface area contributed by atoms with Gasteiger partial charge in [-0.3, -0.25) is 0 Å². The molecule has 76 valence electrons. The van der Waals surface area contributed by atoms with Crippen molar-refractivity contribution in [3.63, 3.8) is 0 Å². The van der Waals surface area contributed by atoms with Crippen molar-refractivity contribution >= 4 is 32.1 Å². The number of thiophene rings is 1. The molecular formula is C12H12N2S. The van der Waals surface area contributed by atoms with Crippen molar-refractivity contribution in [1.29, 1.82) is 0 Å². The molecule has 1 heterocycles. The second-order valence-corrected chi connectivity index (χ2v) is 4.37. The van der Waals surface area contributed by atoms with E-state index in [1.54, 1.807) is 11.3 Å². The maximum atomic E-state index is 7.21. The smallest absolute Gasteiger partial charge is 0.228 e. The van der Waals surface area contributed by atoms with Crippen LogP contribution in [-0.4, -0.2) is 6.54 Å². The summed E-state index contributed by atoms with van der Waals surface area (Å²) < 4.78 is 1.18. The molecule has 0 aliphatic rings. The van der Waals surface area contributed by atoms with Gasteiger partial charge in [-0.15, -0.1) is 11.3 Å². The highest BCUT2D eigenvalue weighted by molar-refractivity contribution is 7.23. The first-order chi connectivity index (χ1) is 7.36. The summed E-state index contributed by atoms with van der Waals surface area (Å²) in [4.78, 5) is 3.61. The fraction of sp³-hybridized carbons (Fsp3) is 0.250. The molecule has 0 aliphatic carbocycles. The zero-order valence-electron chi connectivity index (χ0n) is 8.58. The molecule has 2 nitrogen and oxygen atoms in total. The molecule has 1 aromatic carbocycles. The average Bonchev–Trinajstić information content (AvgIpc) is 2.63. The first kappa shape index (κ1) is 10.0. The second-order valence-electron chi connectivity index (χ2n) is 3.31. The molecule has 0 radical (unpaired) electrons. The maximum absolute atomic E-state index is 7.21. The Morgan fingerprint density at radius 2 is 2.20 bits per heavy atom. The Morgan fingerprint density at radius 1 is 1.40 bits per heavy atom. The van der Waals surface area contributed by atoms with Crippen LogP contribution in [0.1, 0.15) is 13.3 Å². The fourth-order valence-corrected chi connectivity index (χ4v) is 2.57. The fourth-order valence-electron chi connectivity index (χ4n) is 1.50. The van der Waals surface area contributed by atoms with Gasteiger partial charge in [0.1, 0.15) is 0 Å². The van der Waals surface area contributed by atoms with Gasteiger partial charge in [-0.1, -0.05) is 25.1 Å². The highest BCUT2D eigenvalue weighted by atomic mass is 32.1. The highest BCUT2D eigenvalue weighted by Gasteiger charge is 2.10. The average molecular weight is 216 g/mol. The minimum absolute atomic E-state index is 0.768.